The Morgan fingerprint density at radius 2 is 1.75 bits per heavy atom. The van der Waals surface area contributed by atoms with Gasteiger partial charge >= 0.3 is 0 Å². The molecule has 0 aliphatic heterocycles. The number of phenolic OH excluding ortho intramolecular Hbond substituents is 1. The number of ketones is 1. The van der Waals surface area contributed by atoms with E-state index in [0.717, 1.165) is 24.3 Å². The highest BCUT2D eigenvalue weighted by atomic mass is 16.3. The fourth-order valence-electron chi connectivity index (χ4n) is 2.67. The van der Waals surface area contributed by atoms with Crippen LogP contribution in [0.15, 0.2) is 54.1 Å². The standard InChI is InChI=1S/C21H25NO2/c1-4-22(5-2)19-12-11-18(21(24)15-19)13-16(3)20(23)14-17-9-7-6-8-10-17/h6-13,15,24H,4-5,14H2,1-3H3. The van der Waals surface area contributed by atoms with Gasteiger partial charge in [-0.2, -0.15) is 0 Å². The van der Waals surface area contributed by atoms with E-state index in [9.17, 15) is 9.90 Å². The van der Waals surface area contributed by atoms with Crippen LogP contribution < -0.4 is 4.90 Å². The van der Waals surface area contributed by atoms with Gasteiger partial charge in [-0.15, -0.1) is 0 Å². The molecule has 0 saturated heterocycles. The van der Waals surface area contributed by atoms with Crippen LogP contribution in [0.25, 0.3) is 6.08 Å². The molecule has 3 nitrogen and oxygen atoms in total. The Morgan fingerprint density at radius 3 is 2.33 bits per heavy atom. The van der Waals surface area contributed by atoms with Gasteiger partial charge in [0.1, 0.15) is 5.75 Å². The van der Waals surface area contributed by atoms with E-state index < -0.39 is 0 Å². The normalized spacial score (nSPS) is 11.4. The third kappa shape index (κ3) is 4.48. The van der Waals surface area contributed by atoms with Crippen LogP contribution in [0.1, 0.15) is 31.9 Å². The lowest BCUT2D eigenvalue weighted by Crippen LogP contribution is -2.21. The summed E-state index contributed by atoms with van der Waals surface area (Å²) in [6.07, 6.45) is 2.13. The molecule has 0 atom stereocenters. The maximum absolute atomic E-state index is 12.3. The van der Waals surface area contributed by atoms with Crippen LogP contribution in [-0.4, -0.2) is 24.0 Å². The quantitative estimate of drug-likeness (QED) is 0.765. The molecule has 2 aromatic carbocycles. The number of aromatic hydroxyl groups is 1. The summed E-state index contributed by atoms with van der Waals surface area (Å²) in [5.41, 5.74) is 3.30. The van der Waals surface area contributed by atoms with E-state index in [1.165, 1.54) is 0 Å². The lowest BCUT2D eigenvalue weighted by atomic mass is 10.0. The molecule has 0 radical (unpaired) electrons. The molecule has 0 bridgehead atoms. The Hall–Kier alpha value is -2.55. The third-order valence-electron chi connectivity index (χ3n) is 4.16. The van der Waals surface area contributed by atoms with E-state index in [0.29, 0.717) is 17.6 Å². The maximum atomic E-state index is 12.3. The molecule has 0 spiro atoms. The van der Waals surface area contributed by atoms with Crippen molar-refractivity contribution in [3.63, 3.8) is 0 Å². The van der Waals surface area contributed by atoms with Crippen LogP contribution >= 0.6 is 0 Å². The predicted molar refractivity (Wildman–Crippen MR) is 100 cm³/mol. The first kappa shape index (κ1) is 17.8. The van der Waals surface area contributed by atoms with Crippen LogP contribution in [-0.2, 0) is 11.2 Å². The van der Waals surface area contributed by atoms with Crippen molar-refractivity contribution in [2.24, 2.45) is 0 Å². The molecular formula is C21H25NO2. The van der Waals surface area contributed by atoms with Crippen molar-refractivity contribution in [1.82, 2.24) is 0 Å². The van der Waals surface area contributed by atoms with E-state index >= 15 is 0 Å². The maximum Gasteiger partial charge on any atom is 0.162 e. The smallest absolute Gasteiger partial charge is 0.162 e. The van der Waals surface area contributed by atoms with Crippen LogP contribution in [0.4, 0.5) is 5.69 Å². The second kappa shape index (κ2) is 8.34. The minimum absolute atomic E-state index is 0.0634. The van der Waals surface area contributed by atoms with E-state index in [4.69, 9.17) is 0 Å². The number of benzene rings is 2. The van der Waals surface area contributed by atoms with Gasteiger partial charge in [0, 0.05) is 36.8 Å². The molecule has 3 heteroatoms. The number of carbonyl (C=O) groups excluding carboxylic acids is 1. The fourth-order valence-corrected chi connectivity index (χ4v) is 2.67. The number of allylic oxidation sites excluding steroid dienone is 1. The first-order valence-corrected chi connectivity index (χ1v) is 8.38. The molecule has 24 heavy (non-hydrogen) atoms. The summed E-state index contributed by atoms with van der Waals surface area (Å²) in [5.74, 6) is 0.264. The highest BCUT2D eigenvalue weighted by molar-refractivity contribution is 6.00. The highest BCUT2D eigenvalue weighted by Gasteiger charge is 2.09. The van der Waals surface area contributed by atoms with Crippen molar-refractivity contribution in [1.29, 1.82) is 0 Å². The Bertz CT molecular complexity index is 716. The first-order valence-electron chi connectivity index (χ1n) is 8.38. The van der Waals surface area contributed by atoms with Gasteiger partial charge in [-0.1, -0.05) is 30.3 Å². The lowest BCUT2D eigenvalue weighted by molar-refractivity contribution is -0.114. The number of hydrogen-bond donors (Lipinski definition) is 1. The summed E-state index contributed by atoms with van der Waals surface area (Å²) in [4.78, 5) is 14.5. The van der Waals surface area contributed by atoms with Gasteiger partial charge in [-0.3, -0.25) is 4.79 Å². The molecule has 0 fully saturated rings. The first-order chi connectivity index (χ1) is 11.5. The summed E-state index contributed by atoms with van der Waals surface area (Å²) < 4.78 is 0. The van der Waals surface area contributed by atoms with Crippen molar-refractivity contribution in [3.8, 4) is 5.75 Å². The number of Topliss-reactive ketones (excluding diaryl/α,β-unsaturated/α-hetero) is 1. The molecule has 0 aliphatic rings. The van der Waals surface area contributed by atoms with Gasteiger partial charge in [0.05, 0.1) is 0 Å². The van der Waals surface area contributed by atoms with Crippen molar-refractivity contribution < 1.29 is 9.90 Å². The van der Waals surface area contributed by atoms with Gasteiger partial charge in [-0.05, 0) is 50.1 Å². The number of nitrogens with zero attached hydrogens (tertiary/aromatic N) is 1. The van der Waals surface area contributed by atoms with E-state index in [2.05, 4.69) is 18.7 Å². The molecule has 0 aliphatic carbocycles. The average molecular weight is 323 g/mol. The zero-order valence-corrected chi connectivity index (χ0v) is 14.6. The van der Waals surface area contributed by atoms with Crippen molar-refractivity contribution in [3.05, 3.63) is 65.2 Å². The molecule has 1 N–H and O–H groups in total. The Kier molecular flexibility index (Phi) is 6.19. The number of hydrogen-bond acceptors (Lipinski definition) is 3. The predicted octanol–water partition coefficient (Wildman–Crippen LogP) is 4.45. The Morgan fingerprint density at radius 1 is 1.08 bits per heavy atom. The Balaban J connectivity index is 2.16. The van der Waals surface area contributed by atoms with Crippen molar-refractivity contribution >= 4 is 17.5 Å². The summed E-state index contributed by atoms with van der Waals surface area (Å²) in [7, 11) is 0. The average Bonchev–Trinajstić information content (AvgIpc) is 2.59. The molecular weight excluding hydrogens is 298 g/mol. The summed E-state index contributed by atoms with van der Waals surface area (Å²) in [6, 6.07) is 15.3. The zero-order valence-electron chi connectivity index (χ0n) is 14.6. The number of rotatable bonds is 7. The zero-order chi connectivity index (χ0) is 17.5. The van der Waals surface area contributed by atoms with Gasteiger partial charge in [-0.25, -0.2) is 0 Å². The van der Waals surface area contributed by atoms with E-state index in [1.54, 1.807) is 19.1 Å². The summed E-state index contributed by atoms with van der Waals surface area (Å²) >= 11 is 0. The van der Waals surface area contributed by atoms with E-state index in [-0.39, 0.29) is 11.5 Å². The SMILES string of the molecule is CCN(CC)c1ccc(C=C(C)C(=O)Cc2ccccc2)c(O)c1. The molecule has 2 rings (SSSR count). The number of phenols is 1. The topological polar surface area (TPSA) is 40.5 Å². The second-order valence-corrected chi connectivity index (χ2v) is 5.83. The van der Waals surface area contributed by atoms with Crippen LogP contribution in [0.5, 0.6) is 5.75 Å². The fraction of sp³-hybridized carbons (Fsp3) is 0.286. The number of anilines is 1. The lowest BCUT2D eigenvalue weighted by Gasteiger charge is -2.21. The van der Waals surface area contributed by atoms with Crippen molar-refractivity contribution in [2.45, 2.75) is 27.2 Å². The van der Waals surface area contributed by atoms with Crippen molar-refractivity contribution in [2.75, 3.05) is 18.0 Å². The van der Waals surface area contributed by atoms with Gasteiger partial charge in [0.25, 0.3) is 0 Å². The molecule has 0 saturated carbocycles. The summed E-state index contributed by atoms with van der Waals surface area (Å²) in [6.45, 7) is 7.74. The largest absolute Gasteiger partial charge is 0.507 e. The third-order valence-corrected chi connectivity index (χ3v) is 4.16. The molecule has 0 heterocycles. The van der Waals surface area contributed by atoms with E-state index in [1.807, 2.05) is 42.5 Å². The van der Waals surface area contributed by atoms with Crippen LogP contribution in [0.3, 0.4) is 0 Å². The van der Waals surface area contributed by atoms with Crippen LogP contribution in [0.2, 0.25) is 0 Å². The molecule has 2 aromatic rings. The second-order valence-electron chi connectivity index (χ2n) is 5.83. The van der Waals surface area contributed by atoms with Gasteiger partial charge < -0.3 is 10.0 Å². The highest BCUT2D eigenvalue weighted by Crippen LogP contribution is 2.26. The minimum Gasteiger partial charge on any atom is -0.507 e. The monoisotopic (exact) mass is 323 g/mol. The Labute approximate surface area is 144 Å². The minimum atomic E-state index is 0.0634. The van der Waals surface area contributed by atoms with Crippen LogP contribution in [0, 0.1) is 0 Å². The van der Waals surface area contributed by atoms with Gasteiger partial charge in [0.2, 0.25) is 0 Å². The molecule has 0 amide bonds. The molecule has 126 valence electrons. The molecule has 0 unspecified atom stereocenters. The molecule has 0 aromatic heterocycles. The summed E-state index contributed by atoms with van der Waals surface area (Å²) in [5, 5.41) is 10.3. The van der Waals surface area contributed by atoms with Gasteiger partial charge in [0.15, 0.2) is 5.78 Å². The number of carbonyl (C=O) groups is 1.